The number of pyridine rings is 1. The van der Waals surface area contributed by atoms with Gasteiger partial charge in [0, 0.05) is 30.9 Å². The molecule has 0 bridgehead atoms. The lowest BCUT2D eigenvalue weighted by Crippen LogP contribution is -2.42. The van der Waals surface area contributed by atoms with E-state index in [2.05, 4.69) is 20.3 Å². The normalized spacial score (nSPS) is 16.3. The van der Waals surface area contributed by atoms with Crippen LogP contribution < -0.4 is 10.1 Å². The van der Waals surface area contributed by atoms with Gasteiger partial charge in [-0.3, -0.25) is 0 Å². The van der Waals surface area contributed by atoms with Crippen LogP contribution in [0.3, 0.4) is 0 Å². The van der Waals surface area contributed by atoms with Crippen molar-refractivity contribution in [1.29, 1.82) is 0 Å². The monoisotopic (exact) mass is 399 g/mol. The Balaban J connectivity index is 1.75. The lowest BCUT2D eigenvalue weighted by Gasteiger charge is -2.30. The van der Waals surface area contributed by atoms with Crippen LogP contribution in [-0.2, 0) is 10.0 Å². The number of aromatic nitrogens is 3. The maximum atomic E-state index is 14.1. The third kappa shape index (κ3) is 4.48. The van der Waals surface area contributed by atoms with Gasteiger partial charge in [0.2, 0.25) is 21.9 Å². The first kappa shape index (κ1) is 19.4. The quantitative estimate of drug-likeness (QED) is 0.817. The zero-order chi connectivity index (χ0) is 19.6. The number of hydrogen-bond acceptors (Lipinski definition) is 7. The molecule has 0 spiro atoms. The van der Waals surface area contributed by atoms with E-state index in [0.717, 1.165) is 12.3 Å². The molecule has 3 rings (SSSR count). The third-order valence-electron chi connectivity index (χ3n) is 4.27. The maximum absolute atomic E-state index is 14.1. The fourth-order valence-electron chi connectivity index (χ4n) is 2.86. The summed E-state index contributed by atoms with van der Waals surface area (Å²) in [6.07, 6.45) is 4.59. The van der Waals surface area contributed by atoms with E-state index in [-0.39, 0.29) is 29.1 Å². The molecule has 0 aromatic carbocycles. The van der Waals surface area contributed by atoms with E-state index < -0.39 is 21.7 Å². The molecule has 146 valence electrons. The highest BCUT2D eigenvalue weighted by molar-refractivity contribution is 7.88. The van der Waals surface area contributed by atoms with Crippen molar-refractivity contribution in [3.05, 3.63) is 30.1 Å². The second-order valence-corrected chi connectivity index (χ2v) is 8.17. The summed E-state index contributed by atoms with van der Waals surface area (Å²) in [7, 11) is -1.92. The minimum Gasteiger partial charge on any atom is -0.479 e. The smallest absolute Gasteiger partial charge is 0.250 e. The SMILES string of the molecule is COc1ncc(-c2nc(NC3CCN(S(C)(=O)=O)CC3)ncc2F)cc1F. The molecule has 0 aliphatic carbocycles. The maximum Gasteiger partial charge on any atom is 0.250 e. The van der Waals surface area contributed by atoms with E-state index >= 15 is 0 Å². The van der Waals surface area contributed by atoms with Crippen LogP contribution in [0.5, 0.6) is 5.88 Å². The van der Waals surface area contributed by atoms with Crippen molar-refractivity contribution in [3.63, 3.8) is 0 Å². The van der Waals surface area contributed by atoms with Gasteiger partial charge < -0.3 is 10.1 Å². The van der Waals surface area contributed by atoms with Crippen molar-refractivity contribution >= 4 is 16.0 Å². The fourth-order valence-corrected chi connectivity index (χ4v) is 3.73. The molecule has 1 aliphatic heterocycles. The standard InChI is InChI=1S/C16H19F2N5O3S/c1-26-15-12(17)7-10(8-19-15)14-13(18)9-20-16(22-14)21-11-3-5-23(6-4-11)27(2,24)25/h7-9,11H,3-6H2,1-2H3,(H,20,21,22). The minimum absolute atomic E-state index is 0.0490. The molecule has 1 aliphatic rings. The van der Waals surface area contributed by atoms with Crippen molar-refractivity contribution in [3.8, 4) is 17.1 Å². The Bertz CT molecular complexity index is 934. The van der Waals surface area contributed by atoms with Gasteiger partial charge in [0.15, 0.2) is 11.6 Å². The van der Waals surface area contributed by atoms with Gasteiger partial charge in [-0.25, -0.2) is 36.5 Å². The Kier molecular flexibility index (Phi) is 5.51. The largest absolute Gasteiger partial charge is 0.479 e. The van der Waals surface area contributed by atoms with E-state index in [1.165, 1.54) is 23.9 Å². The van der Waals surface area contributed by atoms with Gasteiger partial charge >= 0.3 is 0 Å². The molecule has 0 atom stereocenters. The Morgan fingerprint density at radius 1 is 1.19 bits per heavy atom. The second kappa shape index (κ2) is 7.69. The van der Waals surface area contributed by atoms with Gasteiger partial charge in [-0.15, -0.1) is 0 Å². The first-order valence-corrected chi connectivity index (χ1v) is 10.1. The van der Waals surface area contributed by atoms with Gasteiger partial charge in [-0.05, 0) is 18.9 Å². The predicted octanol–water partition coefficient (Wildman–Crippen LogP) is 1.66. The summed E-state index contributed by atoms with van der Waals surface area (Å²) >= 11 is 0. The van der Waals surface area contributed by atoms with E-state index in [1.54, 1.807) is 0 Å². The first-order valence-electron chi connectivity index (χ1n) is 8.22. The van der Waals surface area contributed by atoms with Crippen LogP contribution in [0.2, 0.25) is 0 Å². The van der Waals surface area contributed by atoms with Crippen LogP contribution in [0, 0.1) is 11.6 Å². The summed E-state index contributed by atoms with van der Waals surface area (Å²) in [5, 5.41) is 3.08. The summed E-state index contributed by atoms with van der Waals surface area (Å²) in [5.41, 5.74) is 0.0678. The van der Waals surface area contributed by atoms with Crippen LogP contribution in [0.4, 0.5) is 14.7 Å². The highest BCUT2D eigenvalue weighted by Crippen LogP contribution is 2.25. The summed E-state index contributed by atoms with van der Waals surface area (Å²) in [5.74, 6) is -1.45. The summed E-state index contributed by atoms with van der Waals surface area (Å²) < 4.78 is 57.3. The predicted molar refractivity (Wildman–Crippen MR) is 94.8 cm³/mol. The number of rotatable bonds is 5. The number of methoxy groups -OCH3 is 1. The molecule has 1 saturated heterocycles. The fraction of sp³-hybridized carbons (Fsp3) is 0.438. The molecule has 3 heterocycles. The highest BCUT2D eigenvalue weighted by atomic mass is 32.2. The van der Waals surface area contributed by atoms with Crippen LogP contribution in [0.25, 0.3) is 11.3 Å². The molecule has 1 N–H and O–H groups in total. The lowest BCUT2D eigenvalue weighted by atomic mass is 10.1. The molecule has 0 radical (unpaired) electrons. The first-order chi connectivity index (χ1) is 12.8. The van der Waals surface area contributed by atoms with Gasteiger partial charge in [-0.2, -0.15) is 0 Å². The topological polar surface area (TPSA) is 97.3 Å². The summed E-state index contributed by atoms with van der Waals surface area (Å²) in [4.78, 5) is 11.8. The number of sulfonamides is 1. The number of piperidine rings is 1. The number of nitrogens with one attached hydrogen (secondary N) is 1. The van der Waals surface area contributed by atoms with Crippen molar-refractivity contribution < 1.29 is 21.9 Å². The van der Waals surface area contributed by atoms with Crippen molar-refractivity contribution in [2.75, 3.05) is 31.8 Å². The zero-order valence-electron chi connectivity index (χ0n) is 14.8. The molecule has 8 nitrogen and oxygen atoms in total. The van der Waals surface area contributed by atoms with Crippen LogP contribution in [0.15, 0.2) is 18.5 Å². The lowest BCUT2D eigenvalue weighted by molar-refractivity contribution is 0.331. The molecule has 0 saturated carbocycles. The second-order valence-electron chi connectivity index (χ2n) is 6.19. The van der Waals surface area contributed by atoms with E-state index in [4.69, 9.17) is 4.74 Å². The number of nitrogens with zero attached hydrogens (tertiary/aromatic N) is 4. The van der Waals surface area contributed by atoms with Gasteiger partial charge in [0.25, 0.3) is 0 Å². The number of ether oxygens (including phenoxy) is 1. The van der Waals surface area contributed by atoms with Gasteiger partial charge in [-0.1, -0.05) is 0 Å². The Morgan fingerprint density at radius 2 is 1.89 bits per heavy atom. The average molecular weight is 399 g/mol. The van der Waals surface area contributed by atoms with Crippen LogP contribution in [-0.4, -0.2) is 60.2 Å². The van der Waals surface area contributed by atoms with E-state index in [1.807, 2.05) is 0 Å². The molecular weight excluding hydrogens is 380 g/mol. The zero-order valence-corrected chi connectivity index (χ0v) is 15.6. The van der Waals surface area contributed by atoms with Crippen molar-refractivity contribution in [1.82, 2.24) is 19.3 Å². The summed E-state index contributed by atoms with van der Waals surface area (Å²) in [6.45, 7) is 0.774. The van der Waals surface area contributed by atoms with Gasteiger partial charge in [0.05, 0.1) is 19.6 Å². The Morgan fingerprint density at radius 3 is 2.48 bits per heavy atom. The van der Waals surface area contributed by atoms with Crippen LogP contribution >= 0.6 is 0 Å². The molecule has 2 aromatic heterocycles. The average Bonchev–Trinajstić information content (AvgIpc) is 2.63. The molecule has 0 amide bonds. The number of halogens is 2. The molecule has 0 unspecified atom stereocenters. The van der Waals surface area contributed by atoms with E-state index in [0.29, 0.717) is 25.9 Å². The Hall–Kier alpha value is -2.40. The number of hydrogen-bond donors (Lipinski definition) is 1. The Labute approximate surface area is 155 Å². The molecule has 27 heavy (non-hydrogen) atoms. The minimum atomic E-state index is -3.21. The van der Waals surface area contributed by atoms with Crippen molar-refractivity contribution in [2.45, 2.75) is 18.9 Å². The molecule has 11 heteroatoms. The highest BCUT2D eigenvalue weighted by Gasteiger charge is 2.25. The number of anilines is 1. The molecule has 2 aromatic rings. The summed E-state index contributed by atoms with van der Waals surface area (Å²) in [6, 6.07) is 1.04. The van der Waals surface area contributed by atoms with Gasteiger partial charge in [0.1, 0.15) is 5.69 Å². The van der Waals surface area contributed by atoms with Crippen molar-refractivity contribution in [2.24, 2.45) is 0 Å². The molecule has 1 fully saturated rings. The molecular formula is C16H19F2N5O3S. The third-order valence-corrected chi connectivity index (χ3v) is 5.58. The van der Waals surface area contributed by atoms with Crippen LogP contribution in [0.1, 0.15) is 12.8 Å². The van der Waals surface area contributed by atoms with E-state index in [9.17, 15) is 17.2 Å².